The van der Waals surface area contributed by atoms with Crippen LogP contribution in [0.3, 0.4) is 0 Å². The molecule has 2 N–H and O–H groups in total. The first-order chi connectivity index (χ1) is 10.1. The smallest absolute Gasteiger partial charge is 0.335 e. The SMILES string of the molecule is O=C(O)c1ccc([N+](=O)[O-])c(NCC(C2CC2)C2CC2)c1. The highest BCUT2D eigenvalue weighted by molar-refractivity contribution is 5.90. The number of nitrogens with one attached hydrogen (secondary N) is 1. The first-order valence-corrected chi connectivity index (χ1v) is 7.32. The van der Waals surface area contributed by atoms with E-state index < -0.39 is 10.9 Å². The highest BCUT2D eigenvalue weighted by atomic mass is 16.6. The lowest BCUT2D eigenvalue weighted by molar-refractivity contribution is -0.384. The van der Waals surface area contributed by atoms with Gasteiger partial charge in [-0.25, -0.2) is 4.79 Å². The molecule has 0 heterocycles. The maximum Gasteiger partial charge on any atom is 0.335 e. The third kappa shape index (κ3) is 3.15. The number of aromatic carboxylic acids is 1. The summed E-state index contributed by atoms with van der Waals surface area (Å²) in [6.07, 6.45) is 5.00. The van der Waals surface area contributed by atoms with Gasteiger partial charge in [-0.15, -0.1) is 0 Å². The summed E-state index contributed by atoms with van der Waals surface area (Å²) in [6.45, 7) is 0.694. The fourth-order valence-corrected chi connectivity index (χ4v) is 2.96. The maximum atomic E-state index is 11.1. The van der Waals surface area contributed by atoms with Gasteiger partial charge in [-0.2, -0.15) is 0 Å². The Balaban J connectivity index is 1.76. The van der Waals surface area contributed by atoms with E-state index in [-0.39, 0.29) is 11.3 Å². The number of rotatable bonds is 7. The monoisotopic (exact) mass is 290 g/mol. The van der Waals surface area contributed by atoms with E-state index in [0.29, 0.717) is 18.2 Å². The molecule has 0 spiro atoms. The molecule has 112 valence electrons. The molecule has 1 aromatic carbocycles. The normalized spacial score (nSPS) is 17.8. The van der Waals surface area contributed by atoms with Crippen LogP contribution in [0.2, 0.25) is 0 Å². The number of nitro groups is 1. The van der Waals surface area contributed by atoms with Crippen molar-refractivity contribution in [2.75, 3.05) is 11.9 Å². The van der Waals surface area contributed by atoms with E-state index in [0.717, 1.165) is 11.8 Å². The van der Waals surface area contributed by atoms with E-state index in [1.54, 1.807) is 0 Å². The lowest BCUT2D eigenvalue weighted by atomic mass is 9.98. The molecule has 0 aromatic heterocycles. The molecule has 6 heteroatoms. The van der Waals surface area contributed by atoms with Crippen molar-refractivity contribution >= 4 is 17.3 Å². The van der Waals surface area contributed by atoms with Crippen molar-refractivity contribution in [2.45, 2.75) is 25.7 Å². The highest BCUT2D eigenvalue weighted by Gasteiger charge is 2.41. The summed E-state index contributed by atoms with van der Waals surface area (Å²) in [7, 11) is 0. The van der Waals surface area contributed by atoms with Gasteiger partial charge in [0.05, 0.1) is 10.5 Å². The molecule has 0 aliphatic heterocycles. The van der Waals surface area contributed by atoms with E-state index in [4.69, 9.17) is 5.11 Å². The second-order valence-electron chi connectivity index (χ2n) is 6.01. The minimum atomic E-state index is -1.08. The van der Waals surface area contributed by atoms with Gasteiger partial charge in [0.15, 0.2) is 0 Å². The van der Waals surface area contributed by atoms with Crippen LogP contribution in [-0.4, -0.2) is 22.5 Å². The summed E-state index contributed by atoms with van der Waals surface area (Å²) in [4.78, 5) is 21.6. The Kier molecular flexibility index (Phi) is 3.53. The number of carboxylic acids is 1. The Morgan fingerprint density at radius 3 is 2.43 bits per heavy atom. The third-order valence-corrected chi connectivity index (χ3v) is 4.42. The van der Waals surface area contributed by atoms with Gasteiger partial charge in [-0.1, -0.05) is 0 Å². The van der Waals surface area contributed by atoms with Crippen LogP contribution in [0.1, 0.15) is 36.0 Å². The van der Waals surface area contributed by atoms with Crippen molar-refractivity contribution in [3.63, 3.8) is 0 Å². The summed E-state index contributed by atoms with van der Waals surface area (Å²) < 4.78 is 0. The number of nitrogens with zero attached hydrogens (tertiary/aromatic N) is 1. The zero-order chi connectivity index (χ0) is 15.0. The van der Waals surface area contributed by atoms with Crippen LogP contribution < -0.4 is 5.32 Å². The molecule has 0 saturated heterocycles. The summed E-state index contributed by atoms with van der Waals surface area (Å²) in [6, 6.07) is 3.89. The lowest BCUT2D eigenvalue weighted by Gasteiger charge is -2.17. The second-order valence-corrected chi connectivity index (χ2v) is 6.01. The highest BCUT2D eigenvalue weighted by Crippen LogP contribution is 2.49. The van der Waals surface area contributed by atoms with Crippen molar-refractivity contribution in [2.24, 2.45) is 17.8 Å². The van der Waals surface area contributed by atoms with Crippen molar-refractivity contribution < 1.29 is 14.8 Å². The first kappa shape index (κ1) is 13.9. The minimum Gasteiger partial charge on any atom is -0.478 e. The summed E-state index contributed by atoms with van der Waals surface area (Å²) in [5, 5.41) is 23.2. The Morgan fingerprint density at radius 1 is 1.33 bits per heavy atom. The van der Waals surface area contributed by atoms with Crippen molar-refractivity contribution in [1.82, 2.24) is 0 Å². The molecule has 0 bridgehead atoms. The van der Waals surface area contributed by atoms with Crippen LogP contribution >= 0.6 is 0 Å². The Labute approximate surface area is 122 Å². The summed E-state index contributed by atoms with van der Waals surface area (Å²) >= 11 is 0. The fourth-order valence-electron chi connectivity index (χ4n) is 2.96. The molecule has 1 aromatic rings. The number of hydrogen-bond donors (Lipinski definition) is 2. The molecule has 2 fully saturated rings. The number of nitro benzene ring substituents is 1. The second kappa shape index (κ2) is 5.35. The average molecular weight is 290 g/mol. The molecular weight excluding hydrogens is 272 g/mol. The van der Waals surface area contributed by atoms with Gasteiger partial charge in [-0.3, -0.25) is 10.1 Å². The van der Waals surface area contributed by atoms with E-state index >= 15 is 0 Å². The maximum absolute atomic E-state index is 11.1. The summed E-state index contributed by atoms with van der Waals surface area (Å²) in [5.74, 6) is 0.977. The van der Waals surface area contributed by atoms with Crippen molar-refractivity contribution in [3.8, 4) is 0 Å². The van der Waals surface area contributed by atoms with E-state index in [1.807, 2.05) is 0 Å². The molecule has 2 aliphatic rings. The molecule has 2 aliphatic carbocycles. The van der Waals surface area contributed by atoms with Crippen LogP contribution in [0.15, 0.2) is 18.2 Å². The van der Waals surface area contributed by atoms with Gasteiger partial charge in [0.2, 0.25) is 0 Å². The molecule has 0 amide bonds. The van der Waals surface area contributed by atoms with Gasteiger partial charge in [-0.05, 0) is 55.6 Å². The molecule has 2 saturated carbocycles. The first-order valence-electron chi connectivity index (χ1n) is 7.32. The standard InChI is InChI=1S/C15H18N2O4/c18-15(19)11-5-6-14(17(20)21)13(7-11)16-8-12(9-1-2-9)10-3-4-10/h5-7,9-10,12,16H,1-4,8H2,(H,18,19). The molecule has 6 nitrogen and oxygen atoms in total. The Hall–Kier alpha value is -2.11. The number of anilines is 1. The largest absolute Gasteiger partial charge is 0.478 e. The number of carbonyl (C=O) groups is 1. The molecular formula is C15H18N2O4. The van der Waals surface area contributed by atoms with Gasteiger partial charge in [0.1, 0.15) is 5.69 Å². The number of hydrogen-bond acceptors (Lipinski definition) is 4. The van der Waals surface area contributed by atoms with Gasteiger partial charge in [0, 0.05) is 12.6 Å². The molecule has 21 heavy (non-hydrogen) atoms. The van der Waals surface area contributed by atoms with E-state index in [1.165, 1.54) is 43.9 Å². The third-order valence-electron chi connectivity index (χ3n) is 4.42. The zero-order valence-electron chi connectivity index (χ0n) is 11.6. The average Bonchev–Trinajstić information content (AvgIpc) is 3.32. The van der Waals surface area contributed by atoms with Crippen LogP contribution in [0.4, 0.5) is 11.4 Å². The predicted molar refractivity (Wildman–Crippen MR) is 77.5 cm³/mol. The topological polar surface area (TPSA) is 92.5 Å². The quantitative estimate of drug-likeness (QED) is 0.594. The zero-order valence-corrected chi connectivity index (χ0v) is 11.6. The number of benzene rings is 1. The van der Waals surface area contributed by atoms with Gasteiger partial charge >= 0.3 is 5.97 Å². The molecule has 0 radical (unpaired) electrons. The molecule has 0 unspecified atom stereocenters. The molecule has 3 rings (SSSR count). The Bertz CT molecular complexity index is 567. The molecule has 0 atom stereocenters. The van der Waals surface area contributed by atoms with E-state index in [9.17, 15) is 14.9 Å². The minimum absolute atomic E-state index is 0.0645. The van der Waals surface area contributed by atoms with Gasteiger partial charge < -0.3 is 10.4 Å². The van der Waals surface area contributed by atoms with Gasteiger partial charge in [0.25, 0.3) is 5.69 Å². The van der Waals surface area contributed by atoms with Crippen LogP contribution in [0.25, 0.3) is 0 Å². The summed E-state index contributed by atoms with van der Waals surface area (Å²) in [5.41, 5.74) is 0.314. The predicted octanol–water partition coefficient (Wildman–Crippen LogP) is 3.14. The van der Waals surface area contributed by atoms with Crippen LogP contribution in [0.5, 0.6) is 0 Å². The number of carboxylic acid groups (broad SMARTS) is 1. The van der Waals surface area contributed by atoms with Crippen LogP contribution in [0, 0.1) is 27.9 Å². The lowest BCUT2D eigenvalue weighted by Crippen LogP contribution is -2.19. The fraction of sp³-hybridized carbons (Fsp3) is 0.533. The van der Waals surface area contributed by atoms with E-state index in [2.05, 4.69) is 5.32 Å². The van der Waals surface area contributed by atoms with Crippen LogP contribution in [-0.2, 0) is 0 Å². The Morgan fingerprint density at radius 2 is 1.95 bits per heavy atom. The van der Waals surface area contributed by atoms with Crippen molar-refractivity contribution in [3.05, 3.63) is 33.9 Å². The van der Waals surface area contributed by atoms with Crippen molar-refractivity contribution in [1.29, 1.82) is 0 Å².